The second-order valence-corrected chi connectivity index (χ2v) is 6.85. The first-order chi connectivity index (χ1) is 14.6. The Kier molecular flexibility index (Phi) is 7.05. The number of hydrogen-bond acceptors (Lipinski definition) is 2. The van der Waals surface area contributed by atoms with Crippen LogP contribution in [0.2, 0.25) is 0 Å². The summed E-state index contributed by atoms with van der Waals surface area (Å²) < 4.78 is 3.69. The fourth-order valence-corrected chi connectivity index (χ4v) is 3.16. The van der Waals surface area contributed by atoms with Gasteiger partial charge < -0.3 is 19.8 Å². The van der Waals surface area contributed by atoms with Crippen molar-refractivity contribution in [1.82, 2.24) is 19.8 Å². The third kappa shape index (κ3) is 5.17. The van der Waals surface area contributed by atoms with Gasteiger partial charge in [0.1, 0.15) is 11.4 Å². The van der Waals surface area contributed by atoms with Crippen molar-refractivity contribution in [1.29, 1.82) is 0 Å². The predicted octanol–water partition coefficient (Wildman–Crippen LogP) is 3.52. The maximum absolute atomic E-state index is 12.4. The van der Waals surface area contributed by atoms with E-state index in [1.807, 2.05) is 57.9 Å². The van der Waals surface area contributed by atoms with Crippen molar-refractivity contribution in [3.8, 4) is 0 Å². The van der Waals surface area contributed by atoms with Crippen molar-refractivity contribution in [2.75, 3.05) is 0 Å². The van der Waals surface area contributed by atoms with Crippen LogP contribution in [0, 0.1) is 0 Å². The van der Waals surface area contributed by atoms with E-state index in [1.165, 1.54) is 0 Å². The van der Waals surface area contributed by atoms with Gasteiger partial charge in [-0.25, -0.2) is 0 Å². The minimum atomic E-state index is -0.124. The summed E-state index contributed by atoms with van der Waals surface area (Å²) in [6.07, 6.45) is 7.22. The van der Waals surface area contributed by atoms with Gasteiger partial charge in [0.05, 0.1) is 0 Å². The molecule has 0 radical (unpaired) electrons. The number of carbonyl (C=O) groups excluding carboxylic acids is 2. The van der Waals surface area contributed by atoms with E-state index in [4.69, 9.17) is 0 Å². The highest BCUT2D eigenvalue weighted by Crippen LogP contribution is 2.08. The number of amides is 2. The van der Waals surface area contributed by atoms with Gasteiger partial charge >= 0.3 is 0 Å². The van der Waals surface area contributed by atoms with Crippen LogP contribution in [0.25, 0.3) is 0 Å². The van der Waals surface area contributed by atoms with Crippen molar-refractivity contribution in [3.63, 3.8) is 0 Å². The third-order valence-electron chi connectivity index (χ3n) is 4.71. The van der Waals surface area contributed by atoms with Gasteiger partial charge in [-0.3, -0.25) is 9.59 Å². The molecule has 0 aliphatic carbocycles. The number of nitrogens with one attached hydrogen (secondary N) is 2. The molecule has 3 rings (SSSR count). The van der Waals surface area contributed by atoms with Crippen LogP contribution in [0.1, 0.15) is 32.1 Å². The van der Waals surface area contributed by atoms with Gasteiger partial charge in [-0.15, -0.1) is 13.2 Å². The molecule has 3 aromatic rings. The number of benzene rings is 1. The van der Waals surface area contributed by atoms with Gasteiger partial charge in [-0.1, -0.05) is 36.4 Å². The summed E-state index contributed by atoms with van der Waals surface area (Å²) in [5, 5.41) is 5.86. The average molecular weight is 402 g/mol. The van der Waals surface area contributed by atoms with Gasteiger partial charge in [0, 0.05) is 38.6 Å². The molecule has 154 valence electrons. The number of aromatic nitrogens is 2. The summed E-state index contributed by atoms with van der Waals surface area (Å²) in [5.74, 6) is -0.249. The summed E-state index contributed by atoms with van der Waals surface area (Å²) in [5.41, 5.74) is 3.19. The highest BCUT2D eigenvalue weighted by molar-refractivity contribution is 5.93. The predicted molar refractivity (Wildman–Crippen MR) is 118 cm³/mol. The van der Waals surface area contributed by atoms with Crippen LogP contribution in [0.15, 0.2) is 86.2 Å². The molecule has 0 aliphatic rings. The van der Waals surface area contributed by atoms with E-state index in [0.29, 0.717) is 37.6 Å². The quantitative estimate of drug-likeness (QED) is 0.510. The Morgan fingerprint density at radius 2 is 1.13 bits per heavy atom. The number of hydrogen-bond donors (Lipinski definition) is 2. The lowest BCUT2D eigenvalue weighted by Gasteiger charge is -2.10. The van der Waals surface area contributed by atoms with Gasteiger partial charge in [-0.05, 0) is 35.4 Å². The maximum Gasteiger partial charge on any atom is 0.268 e. The molecule has 2 aromatic heterocycles. The zero-order valence-corrected chi connectivity index (χ0v) is 16.9. The minimum absolute atomic E-state index is 0.124. The summed E-state index contributed by atoms with van der Waals surface area (Å²) in [6, 6.07) is 15.1. The summed E-state index contributed by atoms with van der Waals surface area (Å²) in [7, 11) is 0. The van der Waals surface area contributed by atoms with E-state index in [9.17, 15) is 9.59 Å². The largest absolute Gasteiger partial charge is 0.347 e. The van der Waals surface area contributed by atoms with E-state index in [1.54, 1.807) is 24.3 Å². The van der Waals surface area contributed by atoms with Gasteiger partial charge in [-0.2, -0.15) is 0 Å². The zero-order chi connectivity index (χ0) is 21.3. The molecule has 1 aromatic carbocycles. The highest BCUT2D eigenvalue weighted by atomic mass is 16.2. The van der Waals surface area contributed by atoms with E-state index >= 15 is 0 Å². The summed E-state index contributed by atoms with van der Waals surface area (Å²) in [4.78, 5) is 24.8. The molecule has 0 atom stereocenters. The number of carbonyl (C=O) groups is 2. The summed E-state index contributed by atoms with van der Waals surface area (Å²) in [6.45, 7) is 9.46. The molecule has 2 N–H and O–H groups in total. The Morgan fingerprint density at radius 1 is 0.733 bits per heavy atom. The third-order valence-corrected chi connectivity index (χ3v) is 4.71. The molecule has 30 heavy (non-hydrogen) atoms. The molecule has 0 fully saturated rings. The van der Waals surface area contributed by atoms with E-state index < -0.39 is 0 Å². The molecule has 6 nitrogen and oxygen atoms in total. The standard InChI is InChI=1S/C24H26N4O2/c1-3-13-27-15-5-7-21(27)23(29)25-17-19-9-11-20(12-10-19)18-26-24(30)22-8-6-16-28(22)14-4-2/h3-12,15-16H,1-2,13-14,17-18H2,(H,25,29)(H,26,30). The maximum atomic E-state index is 12.4. The Hall–Kier alpha value is -3.80. The molecule has 0 saturated heterocycles. The second-order valence-electron chi connectivity index (χ2n) is 6.85. The molecule has 0 unspecified atom stereocenters. The lowest BCUT2D eigenvalue weighted by molar-refractivity contribution is 0.0933. The van der Waals surface area contributed by atoms with Crippen LogP contribution in [-0.4, -0.2) is 20.9 Å². The van der Waals surface area contributed by atoms with Crippen LogP contribution in [0.4, 0.5) is 0 Å². The number of nitrogens with zero attached hydrogens (tertiary/aromatic N) is 2. The molecule has 0 bridgehead atoms. The van der Waals surface area contributed by atoms with E-state index in [-0.39, 0.29) is 11.8 Å². The van der Waals surface area contributed by atoms with Gasteiger partial charge in [0.2, 0.25) is 0 Å². The first kappa shape index (κ1) is 20.9. The van der Waals surface area contributed by atoms with E-state index in [0.717, 1.165) is 11.1 Å². The zero-order valence-electron chi connectivity index (χ0n) is 16.9. The van der Waals surface area contributed by atoms with E-state index in [2.05, 4.69) is 23.8 Å². The fraction of sp³-hybridized carbons (Fsp3) is 0.167. The Balaban J connectivity index is 1.51. The van der Waals surface area contributed by atoms with Crippen LogP contribution in [0.5, 0.6) is 0 Å². The highest BCUT2D eigenvalue weighted by Gasteiger charge is 2.11. The molecule has 6 heteroatoms. The Labute approximate surface area is 176 Å². The van der Waals surface area contributed by atoms with Crippen molar-refractivity contribution in [2.24, 2.45) is 0 Å². The summed E-state index contributed by atoms with van der Waals surface area (Å²) >= 11 is 0. The first-order valence-electron chi connectivity index (χ1n) is 9.78. The minimum Gasteiger partial charge on any atom is -0.347 e. The second kappa shape index (κ2) is 10.1. The SMILES string of the molecule is C=CCn1cccc1C(=O)NCc1ccc(CNC(=O)c2cccn2CC=C)cc1. The van der Waals surface area contributed by atoms with Crippen molar-refractivity contribution >= 4 is 11.8 Å². The molecule has 0 spiro atoms. The van der Waals surface area contributed by atoms with Crippen LogP contribution < -0.4 is 10.6 Å². The topological polar surface area (TPSA) is 68.1 Å². The normalized spacial score (nSPS) is 10.4. The lowest BCUT2D eigenvalue weighted by atomic mass is 10.1. The molecule has 2 amide bonds. The van der Waals surface area contributed by atoms with Crippen LogP contribution in [0.3, 0.4) is 0 Å². The lowest BCUT2D eigenvalue weighted by Crippen LogP contribution is -2.26. The molecule has 2 heterocycles. The van der Waals surface area contributed by atoms with Crippen LogP contribution >= 0.6 is 0 Å². The smallest absolute Gasteiger partial charge is 0.268 e. The Bertz CT molecular complexity index is 944. The molecule has 0 aliphatic heterocycles. The van der Waals surface area contributed by atoms with Crippen molar-refractivity contribution in [2.45, 2.75) is 26.2 Å². The monoisotopic (exact) mass is 402 g/mol. The Morgan fingerprint density at radius 3 is 1.50 bits per heavy atom. The number of rotatable bonds is 10. The number of allylic oxidation sites excluding steroid dienone is 2. The molecular formula is C24H26N4O2. The average Bonchev–Trinajstić information content (AvgIpc) is 3.41. The van der Waals surface area contributed by atoms with Gasteiger partial charge in [0.25, 0.3) is 11.8 Å². The fourth-order valence-electron chi connectivity index (χ4n) is 3.16. The van der Waals surface area contributed by atoms with Crippen molar-refractivity contribution < 1.29 is 9.59 Å². The van der Waals surface area contributed by atoms with Gasteiger partial charge in [0.15, 0.2) is 0 Å². The van der Waals surface area contributed by atoms with Crippen LogP contribution in [-0.2, 0) is 26.2 Å². The first-order valence-corrected chi connectivity index (χ1v) is 9.78. The molecule has 0 saturated carbocycles. The molecular weight excluding hydrogens is 376 g/mol. The van der Waals surface area contributed by atoms with Crippen molar-refractivity contribution in [3.05, 3.63) is 109 Å².